The van der Waals surface area contributed by atoms with Gasteiger partial charge in [0.2, 0.25) is 0 Å². The summed E-state index contributed by atoms with van der Waals surface area (Å²) in [5, 5.41) is 0.574. The van der Waals surface area contributed by atoms with Crippen molar-refractivity contribution in [2.75, 3.05) is 13.1 Å². The number of amides is 1. The Morgan fingerprint density at radius 2 is 2.05 bits per heavy atom. The van der Waals surface area contributed by atoms with Crippen LogP contribution in [0.5, 0.6) is 0 Å². The predicted molar refractivity (Wildman–Crippen MR) is 84.2 cm³/mol. The van der Waals surface area contributed by atoms with Crippen LogP contribution in [0.4, 0.5) is 4.39 Å². The Kier molecular flexibility index (Phi) is 4.50. The van der Waals surface area contributed by atoms with E-state index < -0.39 is 0 Å². The van der Waals surface area contributed by atoms with Gasteiger partial charge in [0.25, 0.3) is 5.91 Å². The maximum Gasteiger partial charge on any atom is 0.265 e. The highest BCUT2D eigenvalue weighted by Crippen LogP contribution is 2.18. The van der Waals surface area contributed by atoms with Crippen molar-refractivity contribution in [3.05, 3.63) is 51.7 Å². The molecule has 1 fully saturated rings. The molecule has 5 heteroatoms. The summed E-state index contributed by atoms with van der Waals surface area (Å²) in [4.78, 5) is 19.0. The second kappa shape index (κ2) is 6.71. The van der Waals surface area contributed by atoms with E-state index in [9.17, 15) is 9.18 Å². The van der Waals surface area contributed by atoms with Crippen LogP contribution in [-0.4, -0.2) is 28.9 Å². The van der Waals surface area contributed by atoms with Gasteiger partial charge < -0.3 is 4.90 Å². The lowest BCUT2D eigenvalue weighted by atomic mass is 10.1. The zero-order chi connectivity index (χ0) is 15.4. The van der Waals surface area contributed by atoms with Gasteiger partial charge >= 0.3 is 0 Å². The Morgan fingerprint density at radius 3 is 2.82 bits per heavy atom. The molecule has 0 bridgehead atoms. The van der Waals surface area contributed by atoms with E-state index in [2.05, 4.69) is 16.8 Å². The van der Waals surface area contributed by atoms with Gasteiger partial charge in [-0.05, 0) is 43.4 Å². The van der Waals surface area contributed by atoms with Gasteiger partial charge in [-0.1, -0.05) is 12.0 Å². The molecule has 1 amide bonds. The minimum Gasteiger partial charge on any atom is -0.338 e. The lowest BCUT2D eigenvalue weighted by Gasteiger charge is -2.25. The standard InChI is InChI=1S/C17H15FN2OS/c18-14-6-4-5-13(11-14)7-8-16-19-12-15(22-16)17(21)20-9-2-1-3-10-20/h4-6,11-12H,1-3,9-10H2. The molecule has 1 aliphatic rings. The summed E-state index contributed by atoms with van der Waals surface area (Å²) in [6.45, 7) is 1.64. The molecule has 0 saturated carbocycles. The maximum absolute atomic E-state index is 13.1. The van der Waals surface area contributed by atoms with Crippen molar-refractivity contribution in [1.82, 2.24) is 9.88 Å². The summed E-state index contributed by atoms with van der Waals surface area (Å²) in [5.74, 6) is 5.48. The molecular formula is C17H15FN2OS. The van der Waals surface area contributed by atoms with Crippen LogP contribution in [0.3, 0.4) is 0 Å². The highest BCUT2D eigenvalue weighted by atomic mass is 32.1. The van der Waals surface area contributed by atoms with Gasteiger partial charge in [-0.25, -0.2) is 9.37 Å². The second-order valence-electron chi connectivity index (χ2n) is 5.14. The van der Waals surface area contributed by atoms with Crippen LogP contribution in [0.15, 0.2) is 30.5 Å². The van der Waals surface area contributed by atoms with Crippen LogP contribution >= 0.6 is 11.3 Å². The zero-order valence-corrected chi connectivity index (χ0v) is 12.8. The first kappa shape index (κ1) is 14.7. The van der Waals surface area contributed by atoms with Crippen LogP contribution < -0.4 is 0 Å². The molecule has 3 nitrogen and oxygen atoms in total. The van der Waals surface area contributed by atoms with Crippen molar-refractivity contribution >= 4 is 17.2 Å². The van der Waals surface area contributed by atoms with Gasteiger partial charge in [0.05, 0.1) is 6.20 Å². The average molecular weight is 314 g/mol. The number of hydrogen-bond acceptors (Lipinski definition) is 3. The zero-order valence-electron chi connectivity index (χ0n) is 12.0. The summed E-state index contributed by atoms with van der Waals surface area (Å²) in [6, 6.07) is 6.11. The predicted octanol–water partition coefficient (Wildman–Crippen LogP) is 3.31. The highest BCUT2D eigenvalue weighted by molar-refractivity contribution is 7.14. The summed E-state index contributed by atoms with van der Waals surface area (Å²) >= 11 is 1.29. The van der Waals surface area contributed by atoms with E-state index >= 15 is 0 Å². The third-order valence-corrected chi connectivity index (χ3v) is 4.40. The number of likely N-dealkylation sites (tertiary alicyclic amines) is 1. The molecule has 0 spiro atoms. The van der Waals surface area contributed by atoms with Crippen LogP contribution in [-0.2, 0) is 0 Å². The maximum atomic E-state index is 13.1. The third-order valence-electron chi connectivity index (χ3n) is 3.50. The molecule has 2 heterocycles. The molecule has 0 atom stereocenters. The van der Waals surface area contributed by atoms with Crippen molar-refractivity contribution in [3.63, 3.8) is 0 Å². The van der Waals surface area contributed by atoms with E-state index in [0.29, 0.717) is 15.4 Å². The molecule has 0 aliphatic carbocycles. The average Bonchev–Trinajstić information content (AvgIpc) is 3.02. The first-order valence-corrected chi connectivity index (χ1v) is 8.07. The quantitative estimate of drug-likeness (QED) is 0.757. The van der Waals surface area contributed by atoms with E-state index in [-0.39, 0.29) is 11.7 Å². The van der Waals surface area contributed by atoms with Crippen LogP contribution in [0.1, 0.15) is 39.5 Å². The molecule has 0 N–H and O–H groups in total. The number of carbonyl (C=O) groups excluding carboxylic acids is 1. The van der Waals surface area contributed by atoms with Gasteiger partial charge in [0.1, 0.15) is 10.7 Å². The van der Waals surface area contributed by atoms with Gasteiger partial charge in [0, 0.05) is 18.7 Å². The Morgan fingerprint density at radius 1 is 1.23 bits per heavy atom. The number of benzene rings is 1. The molecule has 1 aromatic heterocycles. The lowest BCUT2D eigenvalue weighted by Crippen LogP contribution is -2.35. The van der Waals surface area contributed by atoms with Crippen molar-refractivity contribution in [1.29, 1.82) is 0 Å². The number of thiazole rings is 1. The van der Waals surface area contributed by atoms with Crippen molar-refractivity contribution in [2.45, 2.75) is 19.3 Å². The Bertz CT molecular complexity index is 738. The highest BCUT2D eigenvalue weighted by Gasteiger charge is 2.19. The fourth-order valence-corrected chi connectivity index (χ4v) is 3.11. The monoisotopic (exact) mass is 314 g/mol. The number of rotatable bonds is 1. The molecule has 1 saturated heterocycles. The molecular weight excluding hydrogens is 299 g/mol. The topological polar surface area (TPSA) is 33.2 Å². The Hall–Kier alpha value is -2.19. The largest absolute Gasteiger partial charge is 0.338 e. The van der Waals surface area contributed by atoms with Crippen molar-refractivity contribution < 1.29 is 9.18 Å². The Balaban J connectivity index is 1.72. The molecule has 0 radical (unpaired) electrons. The molecule has 112 valence electrons. The van der Waals surface area contributed by atoms with E-state index in [0.717, 1.165) is 25.9 Å². The van der Waals surface area contributed by atoms with Crippen molar-refractivity contribution in [2.24, 2.45) is 0 Å². The van der Waals surface area contributed by atoms with Gasteiger partial charge in [0.15, 0.2) is 5.01 Å². The van der Waals surface area contributed by atoms with Crippen LogP contribution in [0, 0.1) is 17.7 Å². The van der Waals surface area contributed by atoms with Crippen molar-refractivity contribution in [3.8, 4) is 11.8 Å². The number of carbonyl (C=O) groups is 1. The van der Waals surface area contributed by atoms with Gasteiger partial charge in [-0.3, -0.25) is 4.79 Å². The molecule has 0 unspecified atom stereocenters. The minimum atomic E-state index is -0.313. The van der Waals surface area contributed by atoms with E-state index in [1.165, 1.54) is 29.9 Å². The molecule has 1 aliphatic heterocycles. The van der Waals surface area contributed by atoms with E-state index in [1.807, 2.05) is 4.90 Å². The molecule has 22 heavy (non-hydrogen) atoms. The lowest BCUT2D eigenvalue weighted by molar-refractivity contribution is 0.0729. The second-order valence-corrected chi connectivity index (χ2v) is 6.17. The molecule has 2 aromatic rings. The first-order valence-electron chi connectivity index (χ1n) is 7.25. The third kappa shape index (κ3) is 3.52. The summed E-state index contributed by atoms with van der Waals surface area (Å²) in [5.41, 5.74) is 0.596. The summed E-state index contributed by atoms with van der Waals surface area (Å²) < 4.78 is 13.1. The fourth-order valence-electron chi connectivity index (χ4n) is 2.38. The van der Waals surface area contributed by atoms with E-state index in [4.69, 9.17) is 0 Å². The number of aromatic nitrogens is 1. The first-order chi connectivity index (χ1) is 10.7. The summed E-state index contributed by atoms with van der Waals surface area (Å²) in [7, 11) is 0. The normalized spacial score (nSPS) is 14.3. The molecule has 1 aromatic carbocycles. The molecule has 3 rings (SSSR count). The minimum absolute atomic E-state index is 0.0380. The number of hydrogen-bond donors (Lipinski definition) is 0. The number of piperidine rings is 1. The van der Waals surface area contributed by atoms with Crippen LogP contribution in [0.25, 0.3) is 0 Å². The fraction of sp³-hybridized carbons (Fsp3) is 0.294. The van der Waals surface area contributed by atoms with Gasteiger partial charge in [-0.2, -0.15) is 0 Å². The SMILES string of the molecule is O=C(c1cnc(C#Cc2cccc(F)c2)s1)N1CCCCC1. The smallest absolute Gasteiger partial charge is 0.265 e. The number of nitrogens with zero attached hydrogens (tertiary/aromatic N) is 2. The summed E-state index contributed by atoms with van der Waals surface area (Å²) in [6.07, 6.45) is 4.90. The van der Waals surface area contributed by atoms with Gasteiger partial charge in [-0.15, -0.1) is 11.3 Å². The Labute approximate surface area is 132 Å². The number of halogens is 1. The van der Waals surface area contributed by atoms with Crippen LogP contribution in [0.2, 0.25) is 0 Å². The van der Waals surface area contributed by atoms with E-state index in [1.54, 1.807) is 18.3 Å².